The standard InChI is InChI=1S/C14H23N3O3/c18-13(17-19)9-12(14-15-10-16-20-14)8-4-7-11-5-2-1-3-6-11/h10-12,19H,1-9H2,(H,17,18)/t12-/m1/s1. The van der Waals surface area contributed by atoms with Gasteiger partial charge in [-0.2, -0.15) is 4.98 Å². The molecule has 1 aliphatic carbocycles. The number of hydroxylamine groups is 1. The van der Waals surface area contributed by atoms with Gasteiger partial charge < -0.3 is 4.52 Å². The molecule has 0 aromatic carbocycles. The highest BCUT2D eigenvalue weighted by Gasteiger charge is 2.21. The molecule has 1 aromatic rings. The second-order valence-electron chi connectivity index (χ2n) is 5.65. The topological polar surface area (TPSA) is 88.2 Å². The van der Waals surface area contributed by atoms with Gasteiger partial charge in [0.25, 0.3) is 0 Å². The summed E-state index contributed by atoms with van der Waals surface area (Å²) in [6.07, 6.45) is 11.4. The van der Waals surface area contributed by atoms with Crippen molar-refractivity contribution in [3.63, 3.8) is 0 Å². The molecule has 20 heavy (non-hydrogen) atoms. The Morgan fingerprint density at radius 1 is 1.45 bits per heavy atom. The van der Waals surface area contributed by atoms with Crippen LogP contribution in [0.2, 0.25) is 0 Å². The number of amides is 1. The van der Waals surface area contributed by atoms with Crippen LogP contribution in [0.1, 0.15) is 69.6 Å². The van der Waals surface area contributed by atoms with E-state index >= 15 is 0 Å². The van der Waals surface area contributed by atoms with Crippen molar-refractivity contribution in [1.29, 1.82) is 0 Å². The van der Waals surface area contributed by atoms with E-state index in [1.165, 1.54) is 44.9 Å². The van der Waals surface area contributed by atoms with E-state index in [4.69, 9.17) is 9.73 Å². The maximum absolute atomic E-state index is 11.3. The lowest BCUT2D eigenvalue weighted by Gasteiger charge is -2.22. The minimum Gasteiger partial charge on any atom is -0.339 e. The van der Waals surface area contributed by atoms with Gasteiger partial charge >= 0.3 is 0 Å². The van der Waals surface area contributed by atoms with Crippen molar-refractivity contribution in [2.75, 3.05) is 0 Å². The molecular weight excluding hydrogens is 258 g/mol. The molecule has 0 saturated heterocycles. The Morgan fingerprint density at radius 2 is 2.25 bits per heavy atom. The Balaban J connectivity index is 1.79. The summed E-state index contributed by atoms with van der Waals surface area (Å²) in [6.45, 7) is 0. The average Bonchev–Trinajstić information content (AvgIpc) is 3.01. The van der Waals surface area contributed by atoms with Crippen molar-refractivity contribution in [2.24, 2.45) is 5.92 Å². The summed E-state index contributed by atoms with van der Waals surface area (Å²) in [6, 6.07) is 0. The van der Waals surface area contributed by atoms with Crippen LogP contribution in [0.15, 0.2) is 10.9 Å². The lowest BCUT2D eigenvalue weighted by Crippen LogP contribution is -2.21. The van der Waals surface area contributed by atoms with Gasteiger partial charge in [-0.05, 0) is 12.3 Å². The van der Waals surface area contributed by atoms with Gasteiger partial charge in [-0.15, -0.1) is 0 Å². The van der Waals surface area contributed by atoms with Crippen molar-refractivity contribution in [3.8, 4) is 0 Å². The Hall–Kier alpha value is -1.43. The van der Waals surface area contributed by atoms with Crippen LogP contribution in [0, 0.1) is 5.92 Å². The number of hydrogen-bond donors (Lipinski definition) is 2. The molecule has 6 heteroatoms. The zero-order valence-corrected chi connectivity index (χ0v) is 11.8. The van der Waals surface area contributed by atoms with Crippen LogP contribution >= 0.6 is 0 Å². The van der Waals surface area contributed by atoms with Gasteiger partial charge in [-0.1, -0.05) is 50.1 Å². The highest BCUT2D eigenvalue weighted by Crippen LogP contribution is 2.30. The van der Waals surface area contributed by atoms with Crippen molar-refractivity contribution in [2.45, 2.75) is 63.7 Å². The molecule has 0 radical (unpaired) electrons. The number of aromatic nitrogens is 2. The summed E-state index contributed by atoms with van der Waals surface area (Å²) in [4.78, 5) is 15.4. The quantitative estimate of drug-likeness (QED) is 0.592. The molecule has 0 unspecified atom stereocenters. The maximum atomic E-state index is 11.3. The number of nitrogens with one attached hydrogen (secondary N) is 1. The van der Waals surface area contributed by atoms with Gasteiger partial charge in [0, 0.05) is 12.3 Å². The minimum absolute atomic E-state index is 0.103. The van der Waals surface area contributed by atoms with Gasteiger partial charge in [-0.25, -0.2) is 5.48 Å². The highest BCUT2D eigenvalue weighted by atomic mass is 16.5. The SMILES string of the molecule is O=C(C[C@@H](CCCC1CCCCC1)c1ncno1)NO. The van der Waals surface area contributed by atoms with Crippen molar-refractivity contribution < 1.29 is 14.5 Å². The van der Waals surface area contributed by atoms with Crippen molar-refractivity contribution in [1.82, 2.24) is 15.6 Å². The normalized spacial score (nSPS) is 17.9. The maximum Gasteiger partial charge on any atom is 0.244 e. The Kier molecular flexibility index (Phi) is 5.98. The highest BCUT2D eigenvalue weighted by molar-refractivity contribution is 5.75. The monoisotopic (exact) mass is 281 g/mol. The molecular formula is C14H23N3O3. The molecule has 1 saturated carbocycles. The molecule has 1 fully saturated rings. The van der Waals surface area contributed by atoms with Crippen LogP contribution in [0.5, 0.6) is 0 Å². The third kappa shape index (κ3) is 4.59. The van der Waals surface area contributed by atoms with Gasteiger partial charge in [0.1, 0.15) is 0 Å². The Bertz CT molecular complexity index is 388. The second-order valence-corrected chi connectivity index (χ2v) is 5.65. The molecule has 1 atom stereocenters. The van der Waals surface area contributed by atoms with Gasteiger partial charge in [0.15, 0.2) is 6.33 Å². The molecule has 1 aliphatic rings. The molecule has 1 aromatic heterocycles. The van der Waals surface area contributed by atoms with E-state index in [9.17, 15) is 4.79 Å². The largest absolute Gasteiger partial charge is 0.339 e. The summed E-state index contributed by atoms with van der Waals surface area (Å²) < 4.78 is 5.06. The van der Waals surface area contributed by atoms with Gasteiger partial charge in [0.2, 0.25) is 11.8 Å². The summed E-state index contributed by atoms with van der Waals surface area (Å²) in [5.74, 6) is 0.801. The fourth-order valence-electron chi connectivity index (χ4n) is 3.07. The lowest BCUT2D eigenvalue weighted by molar-refractivity contribution is -0.129. The molecule has 1 amide bonds. The van der Waals surface area contributed by atoms with E-state index in [0.29, 0.717) is 5.89 Å². The van der Waals surface area contributed by atoms with Crippen LogP contribution in [0.4, 0.5) is 0 Å². The van der Waals surface area contributed by atoms with Crippen LogP contribution in [-0.2, 0) is 4.79 Å². The predicted molar refractivity (Wildman–Crippen MR) is 72.0 cm³/mol. The zero-order chi connectivity index (χ0) is 14.2. The van der Waals surface area contributed by atoms with Crippen LogP contribution in [0.25, 0.3) is 0 Å². The zero-order valence-electron chi connectivity index (χ0n) is 11.8. The molecule has 1 heterocycles. The fraction of sp³-hybridized carbons (Fsp3) is 0.786. The third-order valence-corrected chi connectivity index (χ3v) is 4.17. The number of nitrogens with zero attached hydrogens (tertiary/aromatic N) is 2. The third-order valence-electron chi connectivity index (χ3n) is 4.17. The number of carbonyl (C=O) groups excluding carboxylic acids is 1. The summed E-state index contributed by atoms with van der Waals surface area (Å²) in [5, 5.41) is 12.2. The summed E-state index contributed by atoms with van der Waals surface area (Å²) >= 11 is 0. The smallest absolute Gasteiger partial charge is 0.244 e. The van der Waals surface area contributed by atoms with E-state index in [-0.39, 0.29) is 12.3 Å². The van der Waals surface area contributed by atoms with Crippen LogP contribution in [0.3, 0.4) is 0 Å². The molecule has 0 bridgehead atoms. The molecule has 0 aliphatic heterocycles. The molecule has 112 valence electrons. The first-order chi connectivity index (χ1) is 9.79. The Morgan fingerprint density at radius 3 is 2.90 bits per heavy atom. The molecule has 0 spiro atoms. The van der Waals surface area contributed by atoms with E-state index < -0.39 is 5.91 Å². The molecule has 6 nitrogen and oxygen atoms in total. The molecule has 2 N–H and O–H groups in total. The Labute approximate surface area is 118 Å². The lowest BCUT2D eigenvalue weighted by atomic mass is 9.84. The predicted octanol–water partition coefficient (Wildman–Crippen LogP) is 2.80. The van der Waals surface area contributed by atoms with E-state index in [1.54, 1.807) is 5.48 Å². The number of carbonyl (C=O) groups is 1. The van der Waals surface area contributed by atoms with Gasteiger partial charge in [0.05, 0.1) is 0 Å². The first kappa shape index (κ1) is 15.0. The van der Waals surface area contributed by atoms with E-state index in [0.717, 1.165) is 18.8 Å². The minimum atomic E-state index is -0.411. The van der Waals surface area contributed by atoms with Gasteiger partial charge in [-0.3, -0.25) is 10.0 Å². The number of hydrogen-bond acceptors (Lipinski definition) is 5. The molecule has 2 rings (SSSR count). The summed E-state index contributed by atoms with van der Waals surface area (Å²) in [7, 11) is 0. The summed E-state index contributed by atoms with van der Waals surface area (Å²) in [5.41, 5.74) is 1.67. The van der Waals surface area contributed by atoms with Crippen LogP contribution in [-0.4, -0.2) is 21.3 Å². The fourth-order valence-corrected chi connectivity index (χ4v) is 3.07. The first-order valence-corrected chi connectivity index (χ1v) is 7.49. The van der Waals surface area contributed by atoms with Crippen LogP contribution < -0.4 is 5.48 Å². The van der Waals surface area contributed by atoms with E-state index in [1.807, 2.05) is 0 Å². The number of rotatable bonds is 7. The van der Waals surface area contributed by atoms with Crippen molar-refractivity contribution >= 4 is 5.91 Å². The first-order valence-electron chi connectivity index (χ1n) is 7.49. The average molecular weight is 281 g/mol. The van der Waals surface area contributed by atoms with E-state index in [2.05, 4.69) is 10.1 Å². The van der Waals surface area contributed by atoms with Crippen molar-refractivity contribution in [3.05, 3.63) is 12.2 Å². The second kappa shape index (κ2) is 7.99.